The Hall–Kier alpha value is -0.120. The first-order valence-electron chi connectivity index (χ1n) is 6.78. The molecule has 2 aliphatic rings. The molecule has 1 heterocycles. The average Bonchev–Trinajstić information content (AvgIpc) is 2.99. The molecule has 1 atom stereocenters. The fraction of sp³-hybridized carbons (Fsp3) is 1.00. The molecule has 3 heteroatoms. The van der Waals surface area contributed by atoms with Crippen molar-refractivity contribution in [1.82, 2.24) is 10.6 Å². The molecule has 0 spiro atoms. The van der Waals surface area contributed by atoms with Gasteiger partial charge < -0.3 is 15.4 Å². The molecule has 2 N–H and O–H groups in total. The molecule has 0 aromatic heterocycles. The molecular formula is C13H26N2O. The Labute approximate surface area is 99.3 Å². The minimum atomic E-state index is 0.481. The highest BCUT2D eigenvalue weighted by molar-refractivity contribution is 4.85. The van der Waals surface area contributed by atoms with E-state index >= 15 is 0 Å². The van der Waals surface area contributed by atoms with E-state index in [0.29, 0.717) is 5.41 Å². The summed E-state index contributed by atoms with van der Waals surface area (Å²) >= 11 is 0. The van der Waals surface area contributed by atoms with Crippen LogP contribution in [0.3, 0.4) is 0 Å². The highest BCUT2D eigenvalue weighted by Crippen LogP contribution is 2.28. The first-order valence-corrected chi connectivity index (χ1v) is 6.78. The van der Waals surface area contributed by atoms with E-state index in [-0.39, 0.29) is 0 Å². The van der Waals surface area contributed by atoms with Crippen LogP contribution in [-0.4, -0.2) is 39.4 Å². The van der Waals surface area contributed by atoms with Crippen LogP contribution in [0.1, 0.15) is 32.6 Å². The second-order valence-electron chi connectivity index (χ2n) is 5.79. The molecule has 1 saturated carbocycles. The lowest BCUT2D eigenvalue weighted by Gasteiger charge is -2.22. The summed E-state index contributed by atoms with van der Waals surface area (Å²) in [5, 5.41) is 6.98. The van der Waals surface area contributed by atoms with Gasteiger partial charge in [-0.3, -0.25) is 0 Å². The third-order valence-electron chi connectivity index (χ3n) is 3.70. The topological polar surface area (TPSA) is 33.3 Å². The predicted octanol–water partition coefficient (Wildman–Crippen LogP) is 1.39. The van der Waals surface area contributed by atoms with Gasteiger partial charge >= 0.3 is 0 Å². The number of nitrogens with one attached hydrogen (secondary N) is 2. The van der Waals surface area contributed by atoms with Gasteiger partial charge in [-0.1, -0.05) is 6.92 Å². The van der Waals surface area contributed by atoms with Gasteiger partial charge in [-0.15, -0.1) is 0 Å². The molecule has 1 aliphatic carbocycles. The Morgan fingerprint density at radius 1 is 1.44 bits per heavy atom. The van der Waals surface area contributed by atoms with Crippen LogP contribution < -0.4 is 10.6 Å². The summed E-state index contributed by atoms with van der Waals surface area (Å²) in [6.07, 6.45) is 5.24. The van der Waals surface area contributed by atoms with Crippen LogP contribution in [-0.2, 0) is 4.74 Å². The van der Waals surface area contributed by atoms with Gasteiger partial charge in [0.1, 0.15) is 0 Å². The summed E-state index contributed by atoms with van der Waals surface area (Å²) in [5.41, 5.74) is 0.481. The minimum absolute atomic E-state index is 0.481. The molecule has 1 saturated heterocycles. The molecule has 2 fully saturated rings. The maximum absolute atomic E-state index is 5.60. The Morgan fingerprint density at radius 3 is 3.00 bits per heavy atom. The lowest BCUT2D eigenvalue weighted by molar-refractivity contribution is 0.121. The molecule has 1 unspecified atom stereocenters. The van der Waals surface area contributed by atoms with Gasteiger partial charge in [0, 0.05) is 26.3 Å². The lowest BCUT2D eigenvalue weighted by Crippen LogP contribution is -2.34. The second kappa shape index (κ2) is 5.99. The van der Waals surface area contributed by atoms with Crippen molar-refractivity contribution in [3.05, 3.63) is 0 Å². The predicted molar refractivity (Wildman–Crippen MR) is 66.6 cm³/mol. The van der Waals surface area contributed by atoms with Crippen molar-refractivity contribution >= 4 is 0 Å². The Bertz CT molecular complexity index is 198. The molecule has 1 aliphatic heterocycles. The molecule has 3 nitrogen and oxygen atoms in total. The summed E-state index contributed by atoms with van der Waals surface area (Å²) in [5.74, 6) is 0.899. The molecule has 2 rings (SSSR count). The minimum Gasteiger partial charge on any atom is -0.381 e. The van der Waals surface area contributed by atoms with Gasteiger partial charge in [0.25, 0.3) is 0 Å². The van der Waals surface area contributed by atoms with Crippen molar-refractivity contribution in [1.29, 1.82) is 0 Å². The third kappa shape index (κ3) is 4.40. The quantitative estimate of drug-likeness (QED) is 0.614. The summed E-state index contributed by atoms with van der Waals surface area (Å²) in [6.45, 7) is 8.88. The van der Waals surface area contributed by atoms with Crippen molar-refractivity contribution < 1.29 is 4.74 Å². The normalized spacial score (nSPS) is 29.8. The number of rotatable bonds is 8. The van der Waals surface area contributed by atoms with Crippen LogP contribution in [0.5, 0.6) is 0 Å². The summed E-state index contributed by atoms with van der Waals surface area (Å²) in [6, 6.07) is 0. The van der Waals surface area contributed by atoms with E-state index in [0.717, 1.165) is 45.2 Å². The van der Waals surface area contributed by atoms with E-state index in [1.54, 1.807) is 0 Å². The monoisotopic (exact) mass is 226 g/mol. The fourth-order valence-corrected chi connectivity index (χ4v) is 2.24. The van der Waals surface area contributed by atoms with Crippen molar-refractivity contribution in [2.45, 2.75) is 32.6 Å². The fourth-order valence-electron chi connectivity index (χ4n) is 2.24. The zero-order valence-corrected chi connectivity index (χ0v) is 10.6. The van der Waals surface area contributed by atoms with Crippen LogP contribution in [0.2, 0.25) is 0 Å². The van der Waals surface area contributed by atoms with Crippen LogP contribution in [0.4, 0.5) is 0 Å². The van der Waals surface area contributed by atoms with Gasteiger partial charge in [-0.25, -0.2) is 0 Å². The standard InChI is InChI=1S/C13H26N2O/c1-13(5-7-15-11-13)10-14-6-2-8-16-9-12-3-4-12/h12,14-15H,2-11H2,1H3. The van der Waals surface area contributed by atoms with Crippen LogP contribution in [0, 0.1) is 11.3 Å². The van der Waals surface area contributed by atoms with E-state index in [1.165, 1.54) is 25.8 Å². The Morgan fingerprint density at radius 2 is 2.31 bits per heavy atom. The molecule has 0 aromatic rings. The number of hydrogen-bond donors (Lipinski definition) is 2. The van der Waals surface area contributed by atoms with Crippen LogP contribution in [0.25, 0.3) is 0 Å². The third-order valence-corrected chi connectivity index (χ3v) is 3.70. The lowest BCUT2D eigenvalue weighted by atomic mass is 9.90. The SMILES string of the molecule is CC1(CNCCCOCC2CC2)CCNC1. The van der Waals surface area contributed by atoms with Gasteiger partial charge in [0.15, 0.2) is 0 Å². The van der Waals surface area contributed by atoms with Crippen LogP contribution >= 0.6 is 0 Å². The molecule has 0 bridgehead atoms. The van der Waals surface area contributed by atoms with E-state index in [4.69, 9.17) is 4.74 Å². The van der Waals surface area contributed by atoms with Crippen LogP contribution in [0.15, 0.2) is 0 Å². The van der Waals surface area contributed by atoms with Gasteiger partial charge in [-0.2, -0.15) is 0 Å². The van der Waals surface area contributed by atoms with Crippen molar-refractivity contribution in [3.63, 3.8) is 0 Å². The average molecular weight is 226 g/mol. The largest absolute Gasteiger partial charge is 0.381 e. The van der Waals surface area contributed by atoms with Gasteiger partial charge in [-0.05, 0) is 50.1 Å². The maximum atomic E-state index is 5.60. The molecule has 0 aromatic carbocycles. The van der Waals surface area contributed by atoms with Crippen molar-refractivity contribution in [2.24, 2.45) is 11.3 Å². The van der Waals surface area contributed by atoms with E-state index in [2.05, 4.69) is 17.6 Å². The smallest absolute Gasteiger partial charge is 0.0494 e. The first kappa shape index (κ1) is 12.3. The second-order valence-corrected chi connectivity index (χ2v) is 5.79. The molecule has 94 valence electrons. The highest BCUT2D eigenvalue weighted by Gasteiger charge is 2.27. The van der Waals surface area contributed by atoms with Gasteiger partial charge in [0.2, 0.25) is 0 Å². The summed E-state index contributed by atoms with van der Waals surface area (Å²) in [7, 11) is 0. The Kier molecular flexibility index (Phi) is 4.62. The number of ether oxygens (including phenoxy) is 1. The van der Waals surface area contributed by atoms with Crippen molar-refractivity contribution in [2.75, 3.05) is 39.4 Å². The maximum Gasteiger partial charge on any atom is 0.0494 e. The molecule has 0 radical (unpaired) electrons. The van der Waals surface area contributed by atoms with Crippen molar-refractivity contribution in [3.8, 4) is 0 Å². The molecule has 0 amide bonds. The molecule has 16 heavy (non-hydrogen) atoms. The zero-order chi connectivity index (χ0) is 11.3. The highest BCUT2D eigenvalue weighted by atomic mass is 16.5. The Balaban J connectivity index is 1.39. The summed E-state index contributed by atoms with van der Waals surface area (Å²) < 4.78 is 5.60. The zero-order valence-electron chi connectivity index (χ0n) is 10.6. The van der Waals surface area contributed by atoms with E-state index < -0.39 is 0 Å². The van der Waals surface area contributed by atoms with E-state index in [1.807, 2.05) is 0 Å². The van der Waals surface area contributed by atoms with Gasteiger partial charge in [0.05, 0.1) is 0 Å². The number of hydrogen-bond acceptors (Lipinski definition) is 3. The summed E-state index contributed by atoms with van der Waals surface area (Å²) in [4.78, 5) is 0. The first-order chi connectivity index (χ1) is 7.79. The van der Waals surface area contributed by atoms with E-state index in [9.17, 15) is 0 Å². The molecular weight excluding hydrogens is 200 g/mol.